The summed E-state index contributed by atoms with van der Waals surface area (Å²) >= 11 is 3.59. The fourth-order valence-electron chi connectivity index (χ4n) is 3.85. The standard InChI is InChI=1S/C27H21BrN2O3/c1-15-8-9-18(12-16(15)2)27-30-22-14-19(10-11-23(22)33-27)29-26(31)21-13-17-6-4-5-7-20(17)24(28)25(21)32-3/h4-14H,1-3H3,(H,29,31). The number of carbonyl (C=O) groups excluding carboxylic acids is 1. The van der Waals surface area contributed by atoms with Gasteiger partial charge in [-0.05, 0) is 88.1 Å². The first kappa shape index (κ1) is 21.2. The lowest BCUT2D eigenvalue weighted by atomic mass is 10.1. The molecule has 1 aromatic heterocycles. The number of benzene rings is 4. The van der Waals surface area contributed by atoms with E-state index in [-0.39, 0.29) is 5.91 Å². The molecule has 5 rings (SSSR count). The molecule has 0 spiro atoms. The molecule has 1 heterocycles. The number of ether oxygens (including phenoxy) is 1. The van der Waals surface area contributed by atoms with Crippen molar-refractivity contribution in [3.05, 3.63) is 87.9 Å². The number of aromatic nitrogens is 1. The zero-order chi connectivity index (χ0) is 23.1. The number of methoxy groups -OCH3 is 1. The van der Waals surface area contributed by atoms with Gasteiger partial charge in [0.1, 0.15) is 11.3 Å². The molecule has 0 saturated heterocycles. The van der Waals surface area contributed by atoms with E-state index >= 15 is 0 Å². The average Bonchev–Trinajstić information content (AvgIpc) is 3.24. The van der Waals surface area contributed by atoms with Gasteiger partial charge in [0.05, 0.1) is 17.1 Å². The van der Waals surface area contributed by atoms with Crippen molar-refractivity contribution in [1.82, 2.24) is 4.98 Å². The number of hydrogen-bond acceptors (Lipinski definition) is 4. The fourth-order valence-corrected chi connectivity index (χ4v) is 4.59. The van der Waals surface area contributed by atoms with Gasteiger partial charge in [0, 0.05) is 11.3 Å². The van der Waals surface area contributed by atoms with Crippen molar-refractivity contribution < 1.29 is 13.9 Å². The molecule has 0 atom stereocenters. The van der Waals surface area contributed by atoms with Gasteiger partial charge >= 0.3 is 0 Å². The molecular formula is C27H21BrN2O3. The number of rotatable bonds is 4. The topological polar surface area (TPSA) is 64.4 Å². The van der Waals surface area contributed by atoms with Crippen LogP contribution in [-0.4, -0.2) is 18.0 Å². The smallest absolute Gasteiger partial charge is 0.259 e. The number of hydrogen-bond donors (Lipinski definition) is 1. The van der Waals surface area contributed by atoms with E-state index in [2.05, 4.69) is 52.2 Å². The fraction of sp³-hybridized carbons (Fsp3) is 0.111. The maximum absolute atomic E-state index is 13.2. The van der Waals surface area contributed by atoms with Gasteiger partial charge in [-0.25, -0.2) is 4.98 Å². The highest BCUT2D eigenvalue weighted by Crippen LogP contribution is 2.37. The predicted octanol–water partition coefficient (Wildman–Crippen LogP) is 7.29. The summed E-state index contributed by atoms with van der Waals surface area (Å²) in [5.74, 6) is 0.776. The number of aryl methyl sites for hydroxylation is 2. The monoisotopic (exact) mass is 500 g/mol. The van der Waals surface area contributed by atoms with Crippen LogP contribution in [0.5, 0.6) is 5.75 Å². The molecule has 0 radical (unpaired) electrons. The van der Waals surface area contributed by atoms with E-state index < -0.39 is 0 Å². The van der Waals surface area contributed by atoms with Crippen LogP contribution in [0.1, 0.15) is 21.5 Å². The molecule has 0 fully saturated rings. The van der Waals surface area contributed by atoms with Gasteiger partial charge in [0.15, 0.2) is 5.58 Å². The number of carbonyl (C=O) groups is 1. The van der Waals surface area contributed by atoms with Crippen molar-refractivity contribution in [3.8, 4) is 17.2 Å². The molecule has 4 aromatic carbocycles. The summed E-state index contributed by atoms with van der Waals surface area (Å²) in [5.41, 5.74) is 5.72. The molecule has 0 saturated carbocycles. The molecule has 6 heteroatoms. The number of halogens is 1. The van der Waals surface area contributed by atoms with Crippen LogP contribution in [0.3, 0.4) is 0 Å². The van der Waals surface area contributed by atoms with E-state index in [9.17, 15) is 4.79 Å². The van der Waals surface area contributed by atoms with Crippen LogP contribution in [0.25, 0.3) is 33.3 Å². The summed E-state index contributed by atoms with van der Waals surface area (Å²) in [6, 6.07) is 21.2. The molecule has 164 valence electrons. The van der Waals surface area contributed by atoms with E-state index in [0.29, 0.717) is 34.0 Å². The quantitative estimate of drug-likeness (QED) is 0.281. The van der Waals surface area contributed by atoms with Crippen molar-refractivity contribution in [1.29, 1.82) is 0 Å². The van der Waals surface area contributed by atoms with E-state index in [1.807, 2.05) is 48.5 Å². The molecule has 33 heavy (non-hydrogen) atoms. The number of fused-ring (bicyclic) bond motifs is 2. The Balaban J connectivity index is 1.48. The summed E-state index contributed by atoms with van der Waals surface area (Å²) in [5, 5.41) is 4.89. The van der Waals surface area contributed by atoms with Crippen LogP contribution in [0.4, 0.5) is 5.69 Å². The van der Waals surface area contributed by atoms with Gasteiger partial charge in [-0.2, -0.15) is 0 Å². The lowest BCUT2D eigenvalue weighted by Gasteiger charge is -2.13. The van der Waals surface area contributed by atoms with Gasteiger partial charge in [-0.1, -0.05) is 30.3 Å². The molecular weight excluding hydrogens is 480 g/mol. The van der Waals surface area contributed by atoms with Gasteiger partial charge in [0.25, 0.3) is 5.91 Å². The summed E-state index contributed by atoms with van der Waals surface area (Å²) in [6.07, 6.45) is 0. The van der Waals surface area contributed by atoms with Crippen molar-refractivity contribution >= 4 is 49.4 Å². The van der Waals surface area contributed by atoms with Crippen LogP contribution in [-0.2, 0) is 0 Å². The molecule has 0 bridgehead atoms. The first-order valence-electron chi connectivity index (χ1n) is 10.5. The average molecular weight is 501 g/mol. The minimum atomic E-state index is -0.268. The summed E-state index contributed by atoms with van der Waals surface area (Å²) in [6.45, 7) is 4.14. The normalized spacial score (nSPS) is 11.2. The van der Waals surface area contributed by atoms with Crippen molar-refractivity contribution in [2.75, 3.05) is 12.4 Å². The third-order valence-corrected chi connectivity index (χ3v) is 6.58. The molecule has 5 aromatic rings. The third kappa shape index (κ3) is 3.87. The van der Waals surface area contributed by atoms with Crippen molar-refractivity contribution in [2.45, 2.75) is 13.8 Å². The summed E-state index contributed by atoms with van der Waals surface area (Å²) in [4.78, 5) is 17.8. The van der Waals surface area contributed by atoms with Crippen LogP contribution < -0.4 is 10.1 Å². The lowest BCUT2D eigenvalue weighted by molar-refractivity contribution is 0.102. The van der Waals surface area contributed by atoms with E-state index in [4.69, 9.17) is 9.15 Å². The highest BCUT2D eigenvalue weighted by atomic mass is 79.9. The van der Waals surface area contributed by atoms with E-state index in [1.165, 1.54) is 11.1 Å². The largest absolute Gasteiger partial charge is 0.495 e. The maximum Gasteiger partial charge on any atom is 0.259 e. The Bertz CT molecular complexity index is 1540. The number of nitrogens with one attached hydrogen (secondary N) is 1. The maximum atomic E-state index is 13.2. The lowest BCUT2D eigenvalue weighted by Crippen LogP contribution is -2.13. The molecule has 0 aliphatic carbocycles. The molecule has 1 N–H and O–H groups in total. The number of amides is 1. The third-order valence-electron chi connectivity index (χ3n) is 5.79. The Labute approximate surface area is 199 Å². The number of nitrogens with zero attached hydrogens (tertiary/aromatic N) is 1. The minimum absolute atomic E-state index is 0.268. The zero-order valence-corrected chi connectivity index (χ0v) is 20.0. The Morgan fingerprint density at radius 2 is 1.82 bits per heavy atom. The van der Waals surface area contributed by atoms with Gasteiger partial charge < -0.3 is 14.5 Å². The van der Waals surface area contributed by atoms with Gasteiger partial charge in [-0.3, -0.25) is 4.79 Å². The molecule has 0 unspecified atom stereocenters. The highest BCUT2D eigenvalue weighted by molar-refractivity contribution is 9.10. The van der Waals surface area contributed by atoms with Crippen LogP contribution in [0, 0.1) is 13.8 Å². The second kappa shape index (κ2) is 8.37. The molecule has 0 aliphatic heterocycles. The van der Waals surface area contributed by atoms with Crippen molar-refractivity contribution in [2.24, 2.45) is 0 Å². The zero-order valence-electron chi connectivity index (χ0n) is 18.4. The van der Waals surface area contributed by atoms with Crippen LogP contribution in [0.15, 0.2) is 75.6 Å². The van der Waals surface area contributed by atoms with E-state index in [0.717, 1.165) is 20.8 Å². The van der Waals surface area contributed by atoms with Crippen LogP contribution >= 0.6 is 15.9 Å². The summed E-state index contributed by atoms with van der Waals surface area (Å²) in [7, 11) is 1.56. The Hall–Kier alpha value is -3.64. The Kier molecular flexibility index (Phi) is 5.38. The molecule has 5 nitrogen and oxygen atoms in total. The number of anilines is 1. The van der Waals surface area contributed by atoms with Gasteiger partial charge in [0.2, 0.25) is 5.89 Å². The van der Waals surface area contributed by atoms with Crippen LogP contribution in [0.2, 0.25) is 0 Å². The van der Waals surface area contributed by atoms with Gasteiger partial charge in [-0.15, -0.1) is 0 Å². The SMILES string of the molecule is COc1c(C(=O)Nc2ccc3oc(-c4ccc(C)c(C)c4)nc3c2)cc2ccccc2c1Br. The second-order valence-electron chi connectivity index (χ2n) is 7.95. The second-order valence-corrected chi connectivity index (χ2v) is 8.74. The highest BCUT2D eigenvalue weighted by Gasteiger charge is 2.19. The molecule has 0 aliphatic rings. The Morgan fingerprint density at radius 1 is 1.00 bits per heavy atom. The predicted molar refractivity (Wildman–Crippen MR) is 135 cm³/mol. The Morgan fingerprint density at radius 3 is 2.61 bits per heavy atom. The summed E-state index contributed by atoms with van der Waals surface area (Å²) < 4.78 is 12.2. The van der Waals surface area contributed by atoms with Crippen molar-refractivity contribution in [3.63, 3.8) is 0 Å². The van der Waals surface area contributed by atoms with E-state index in [1.54, 1.807) is 13.2 Å². The molecule has 1 amide bonds. The minimum Gasteiger partial charge on any atom is -0.495 e. The first-order chi connectivity index (χ1) is 15.9. The number of oxazole rings is 1. The first-order valence-corrected chi connectivity index (χ1v) is 11.3.